The van der Waals surface area contributed by atoms with Gasteiger partial charge in [-0.1, -0.05) is 24.3 Å². The normalized spacial score (nSPS) is 10.9. The summed E-state index contributed by atoms with van der Waals surface area (Å²) >= 11 is 1.26. The maximum Gasteiger partial charge on any atom is 0.251 e. The lowest BCUT2D eigenvalue weighted by molar-refractivity contribution is 0.0877. The Hall–Kier alpha value is -5.00. The first-order chi connectivity index (χ1) is 22.4. The van der Waals surface area contributed by atoms with E-state index >= 15 is 0 Å². The number of methoxy groups -OCH3 is 2. The Balaban J connectivity index is 1.18. The summed E-state index contributed by atoms with van der Waals surface area (Å²) in [6, 6.07) is 20.4. The molecule has 11 heteroatoms. The van der Waals surface area contributed by atoms with Crippen LogP contribution in [0.3, 0.4) is 0 Å². The number of hydrogen-bond donors (Lipinski definition) is 1. The average molecular weight is 645 g/mol. The molecular weight excluding hydrogens is 611 g/mol. The number of fused-ring (bicyclic) bond motifs is 1. The van der Waals surface area contributed by atoms with Crippen LogP contribution in [-0.2, 0) is 11.3 Å². The SMILES string of the molecule is CCOc1ccc(C(=O)CNC(=O)c2ccc(OCCOCc3ccc(OC)cc3)c(OC)c2)nc1-c1csc2c(F)cccc12. The Bertz CT molecular complexity index is 1820. The number of carbonyl (C=O) groups excluding carboxylic acids is 2. The van der Waals surface area contributed by atoms with Crippen molar-refractivity contribution >= 4 is 33.1 Å². The lowest BCUT2D eigenvalue weighted by Gasteiger charge is -2.13. The minimum atomic E-state index is -0.466. The third kappa shape index (κ3) is 7.61. The number of rotatable bonds is 15. The van der Waals surface area contributed by atoms with Crippen LogP contribution in [0.15, 0.2) is 78.2 Å². The zero-order valence-electron chi connectivity index (χ0n) is 25.6. The molecule has 0 saturated heterocycles. The summed E-state index contributed by atoms with van der Waals surface area (Å²) in [5.41, 5.74) is 2.55. The summed E-state index contributed by atoms with van der Waals surface area (Å²) in [5, 5.41) is 5.13. The van der Waals surface area contributed by atoms with Gasteiger partial charge in [-0.15, -0.1) is 11.3 Å². The monoisotopic (exact) mass is 644 g/mol. The summed E-state index contributed by atoms with van der Waals surface area (Å²) in [6.45, 7) is 3.00. The number of Topliss-reactive ketones (excluding diaryl/α,β-unsaturated/α-hetero) is 1. The van der Waals surface area contributed by atoms with Crippen molar-refractivity contribution in [3.63, 3.8) is 0 Å². The molecule has 0 bridgehead atoms. The number of carbonyl (C=O) groups is 2. The van der Waals surface area contributed by atoms with E-state index < -0.39 is 11.7 Å². The fourth-order valence-corrected chi connectivity index (χ4v) is 5.64. The number of ether oxygens (including phenoxy) is 5. The van der Waals surface area contributed by atoms with Crippen LogP contribution in [0.25, 0.3) is 21.3 Å². The Kier molecular flexibility index (Phi) is 10.8. The highest BCUT2D eigenvalue weighted by molar-refractivity contribution is 7.17. The standard InChI is InChI=1S/C35H33FN2O7S/c1-4-44-31-15-13-28(38-33(31)26-21-46-34-25(26)6-5-7-27(34)36)29(39)19-37-35(40)23-10-14-30(32(18-23)42-3)45-17-16-43-20-22-8-11-24(41-2)12-9-22/h5-15,18,21H,4,16-17,19-20H2,1-3H3,(H,37,40). The summed E-state index contributed by atoms with van der Waals surface area (Å²) in [6.07, 6.45) is 0. The molecule has 2 aromatic heterocycles. The van der Waals surface area contributed by atoms with Gasteiger partial charge in [0.1, 0.15) is 35.3 Å². The third-order valence-electron chi connectivity index (χ3n) is 7.00. The number of nitrogens with zero attached hydrogens (tertiary/aromatic N) is 1. The number of halogens is 1. The first kappa shape index (κ1) is 32.4. The summed E-state index contributed by atoms with van der Waals surface area (Å²) in [4.78, 5) is 30.6. The van der Waals surface area contributed by atoms with E-state index in [1.165, 1.54) is 24.5 Å². The van der Waals surface area contributed by atoms with Crippen molar-refractivity contribution in [1.29, 1.82) is 0 Å². The molecule has 3 aromatic carbocycles. The topological polar surface area (TPSA) is 105 Å². The van der Waals surface area contributed by atoms with E-state index in [1.54, 1.807) is 55.0 Å². The van der Waals surface area contributed by atoms with Crippen LogP contribution < -0.4 is 24.3 Å². The number of ketones is 1. The minimum Gasteiger partial charge on any atom is -0.497 e. The number of amides is 1. The smallest absolute Gasteiger partial charge is 0.251 e. The van der Waals surface area contributed by atoms with Crippen LogP contribution in [0.5, 0.6) is 23.0 Å². The number of nitrogens with one attached hydrogen (secondary N) is 1. The lowest BCUT2D eigenvalue weighted by atomic mass is 10.1. The number of aromatic nitrogens is 1. The van der Waals surface area contributed by atoms with Gasteiger partial charge in [-0.25, -0.2) is 9.37 Å². The Morgan fingerprint density at radius 3 is 2.46 bits per heavy atom. The first-order valence-corrected chi connectivity index (χ1v) is 15.4. The molecule has 0 aliphatic rings. The first-order valence-electron chi connectivity index (χ1n) is 14.5. The van der Waals surface area contributed by atoms with Crippen molar-refractivity contribution < 1.29 is 37.7 Å². The van der Waals surface area contributed by atoms with Crippen molar-refractivity contribution in [2.24, 2.45) is 0 Å². The van der Waals surface area contributed by atoms with Gasteiger partial charge in [0.05, 0.1) is 45.3 Å². The zero-order chi connectivity index (χ0) is 32.5. The van der Waals surface area contributed by atoms with Crippen molar-refractivity contribution in [3.8, 4) is 34.3 Å². The molecule has 46 heavy (non-hydrogen) atoms. The van der Waals surface area contributed by atoms with E-state index in [9.17, 15) is 14.0 Å². The molecule has 0 unspecified atom stereocenters. The van der Waals surface area contributed by atoms with Gasteiger partial charge >= 0.3 is 0 Å². The van der Waals surface area contributed by atoms with E-state index in [0.29, 0.717) is 64.0 Å². The largest absolute Gasteiger partial charge is 0.497 e. The Morgan fingerprint density at radius 2 is 1.70 bits per heavy atom. The summed E-state index contributed by atoms with van der Waals surface area (Å²) < 4.78 is 42.7. The van der Waals surface area contributed by atoms with Gasteiger partial charge in [0.2, 0.25) is 0 Å². The number of pyridine rings is 1. The number of hydrogen-bond acceptors (Lipinski definition) is 9. The fourth-order valence-electron chi connectivity index (χ4n) is 4.68. The Labute approximate surface area is 269 Å². The molecule has 2 heterocycles. The van der Waals surface area contributed by atoms with Crippen LogP contribution >= 0.6 is 11.3 Å². The van der Waals surface area contributed by atoms with Crippen molar-refractivity contribution in [2.75, 3.05) is 40.6 Å². The van der Waals surface area contributed by atoms with Crippen LogP contribution in [0, 0.1) is 5.82 Å². The van der Waals surface area contributed by atoms with E-state index in [1.807, 2.05) is 31.2 Å². The second-order valence-electron chi connectivity index (χ2n) is 9.96. The van der Waals surface area contributed by atoms with Gasteiger partial charge in [-0.3, -0.25) is 9.59 Å². The van der Waals surface area contributed by atoms with Gasteiger partial charge < -0.3 is 29.0 Å². The average Bonchev–Trinajstić information content (AvgIpc) is 3.53. The van der Waals surface area contributed by atoms with Crippen LogP contribution in [0.2, 0.25) is 0 Å². The minimum absolute atomic E-state index is 0.144. The molecule has 0 fully saturated rings. The van der Waals surface area contributed by atoms with E-state index in [4.69, 9.17) is 23.7 Å². The molecular formula is C35H33FN2O7S. The van der Waals surface area contributed by atoms with Gasteiger partial charge in [-0.2, -0.15) is 0 Å². The molecule has 0 aliphatic carbocycles. The van der Waals surface area contributed by atoms with Gasteiger partial charge in [0.15, 0.2) is 17.3 Å². The van der Waals surface area contributed by atoms with Crippen molar-refractivity contribution in [1.82, 2.24) is 10.3 Å². The highest BCUT2D eigenvalue weighted by Crippen LogP contribution is 2.38. The second-order valence-corrected chi connectivity index (χ2v) is 10.8. The van der Waals surface area contributed by atoms with Gasteiger partial charge in [-0.05, 0) is 61.0 Å². The third-order valence-corrected chi connectivity index (χ3v) is 8.00. The van der Waals surface area contributed by atoms with E-state index in [0.717, 1.165) is 11.3 Å². The molecule has 0 spiro atoms. The van der Waals surface area contributed by atoms with E-state index in [2.05, 4.69) is 10.3 Å². The number of thiophene rings is 1. The predicted molar refractivity (Wildman–Crippen MR) is 174 cm³/mol. The fraction of sp³-hybridized carbons (Fsp3) is 0.229. The van der Waals surface area contributed by atoms with Crippen LogP contribution in [-0.4, -0.2) is 57.3 Å². The molecule has 238 valence electrons. The van der Waals surface area contributed by atoms with Gasteiger partial charge in [0, 0.05) is 21.9 Å². The molecule has 0 saturated carbocycles. The quantitative estimate of drug-likeness (QED) is 0.0989. The predicted octanol–water partition coefficient (Wildman–Crippen LogP) is 6.73. The summed E-state index contributed by atoms with van der Waals surface area (Å²) in [5.74, 6) is 0.889. The molecule has 5 aromatic rings. The van der Waals surface area contributed by atoms with Crippen molar-refractivity contribution in [3.05, 3.63) is 101 Å². The highest BCUT2D eigenvalue weighted by atomic mass is 32.1. The molecule has 0 atom stereocenters. The molecule has 1 N–H and O–H groups in total. The summed E-state index contributed by atoms with van der Waals surface area (Å²) in [7, 11) is 3.10. The maximum atomic E-state index is 14.4. The maximum absolute atomic E-state index is 14.4. The van der Waals surface area contributed by atoms with Crippen LogP contribution in [0.4, 0.5) is 4.39 Å². The second kappa shape index (κ2) is 15.3. The van der Waals surface area contributed by atoms with Crippen LogP contribution in [0.1, 0.15) is 33.3 Å². The van der Waals surface area contributed by atoms with E-state index in [-0.39, 0.29) is 24.7 Å². The van der Waals surface area contributed by atoms with Gasteiger partial charge in [0.25, 0.3) is 5.91 Å². The number of benzene rings is 3. The highest BCUT2D eigenvalue weighted by Gasteiger charge is 2.19. The molecule has 0 aliphatic heterocycles. The zero-order valence-corrected chi connectivity index (χ0v) is 26.4. The lowest BCUT2D eigenvalue weighted by Crippen LogP contribution is -2.30. The molecule has 9 nitrogen and oxygen atoms in total. The molecule has 0 radical (unpaired) electrons. The van der Waals surface area contributed by atoms with Crippen molar-refractivity contribution in [2.45, 2.75) is 13.5 Å². The Morgan fingerprint density at radius 1 is 0.891 bits per heavy atom. The molecule has 1 amide bonds. The molecule has 5 rings (SSSR count).